The van der Waals surface area contributed by atoms with E-state index in [-0.39, 0.29) is 5.75 Å². The number of anilines is 1. The Bertz CT molecular complexity index is 735. The minimum absolute atomic E-state index is 0.150. The van der Waals surface area contributed by atoms with E-state index in [0.29, 0.717) is 28.2 Å². The highest BCUT2D eigenvalue weighted by atomic mass is 32.2. The highest BCUT2D eigenvalue weighted by Gasteiger charge is 2.16. The third kappa shape index (κ3) is 3.16. The van der Waals surface area contributed by atoms with E-state index in [1.165, 1.54) is 0 Å². The smallest absolute Gasteiger partial charge is 0.237 e. The van der Waals surface area contributed by atoms with E-state index in [9.17, 15) is 8.42 Å². The van der Waals surface area contributed by atoms with Gasteiger partial charge in [-0.25, -0.2) is 8.42 Å². The van der Waals surface area contributed by atoms with Crippen LogP contribution in [0.3, 0.4) is 0 Å². The van der Waals surface area contributed by atoms with E-state index in [1.807, 2.05) is 6.07 Å². The Morgan fingerprint density at radius 3 is 2.45 bits per heavy atom. The zero-order chi connectivity index (χ0) is 14.8. The number of nitrogens with one attached hydrogen (secondary N) is 2. The van der Waals surface area contributed by atoms with Crippen molar-refractivity contribution in [1.82, 2.24) is 10.2 Å². The van der Waals surface area contributed by atoms with Gasteiger partial charge in [0.15, 0.2) is 0 Å². The second-order valence-corrected chi connectivity index (χ2v) is 6.20. The second-order valence-electron chi connectivity index (χ2n) is 4.48. The minimum Gasteiger partial charge on any atom is -0.280 e. The highest BCUT2D eigenvalue weighted by molar-refractivity contribution is 7.91. The SMILES string of the molecule is Cc1n[nH]c(C)c1NS(=O)(=O)Cc1ccc(C#N)cc1. The fourth-order valence-electron chi connectivity index (χ4n) is 1.79. The summed E-state index contributed by atoms with van der Waals surface area (Å²) in [5.74, 6) is -0.150. The number of H-pyrrole nitrogens is 1. The standard InChI is InChI=1S/C13H14N4O2S/c1-9-13(10(2)16-15-9)17-20(18,19)8-12-5-3-11(7-14)4-6-12/h3-6,17H,8H2,1-2H3,(H,15,16). The Morgan fingerprint density at radius 2 is 1.95 bits per heavy atom. The Labute approximate surface area is 117 Å². The summed E-state index contributed by atoms with van der Waals surface area (Å²) in [4.78, 5) is 0. The molecule has 1 heterocycles. The molecule has 7 heteroatoms. The first-order valence-corrected chi connectivity index (χ1v) is 7.57. The van der Waals surface area contributed by atoms with Crippen LogP contribution < -0.4 is 4.72 Å². The van der Waals surface area contributed by atoms with Gasteiger partial charge < -0.3 is 0 Å². The van der Waals surface area contributed by atoms with E-state index in [1.54, 1.807) is 38.1 Å². The van der Waals surface area contributed by atoms with Crippen LogP contribution in [0.15, 0.2) is 24.3 Å². The van der Waals surface area contributed by atoms with Gasteiger partial charge in [0.2, 0.25) is 10.0 Å². The lowest BCUT2D eigenvalue weighted by atomic mass is 10.2. The number of hydrogen-bond acceptors (Lipinski definition) is 4. The number of aryl methyl sites for hydroxylation is 2. The van der Waals surface area contributed by atoms with Gasteiger partial charge in [0.05, 0.1) is 34.5 Å². The second kappa shape index (κ2) is 5.35. The predicted octanol–water partition coefficient (Wildman–Crippen LogP) is 1.84. The maximum Gasteiger partial charge on any atom is 0.237 e. The number of aromatic amines is 1. The minimum atomic E-state index is -3.52. The molecular weight excluding hydrogens is 276 g/mol. The molecule has 0 atom stereocenters. The zero-order valence-corrected chi connectivity index (χ0v) is 12.0. The van der Waals surface area contributed by atoms with Gasteiger partial charge in [-0.2, -0.15) is 10.4 Å². The number of aromatic nitrogens is 2. The maximum absolute atomic E-state index is 12.1. The fourth-order valence-corrected chi connectivity index (χ4v) is 3.10. The number of benzene rings is 1. The van der Waals surface area contributed by atoms with Gasteiger partial charge in [-0.05, 0) is 31.5 Å². The van der Waals surface area contributed by atoms with Crippen LogP contribution in [0.2, 0.25) is 0 Å². The van der Waals surface area contributed by atoms with Crippen molar-refractivity contribution in [3.8, 4) is 6.07 Å². The molecule has 1 aromatic carbocycles. The average molecular weight is 290 g/mol. The van der Waals surface area contributed by atoms with Gasteiger partial charge in [0.25, 0.3) is 0 Å². The van der Waals surface area contributed by atoms with E-state index < -0.39 is 10.0 Å². The van der Waals surface area contributed by atoms with Crippen molar-refractivity contribution < 1.29 is 8.42 Å². The predicted molar refractivity (Wildman–Crippen MR) is 75.5 cm³/mol. The zero-order valence-electron chi connectivity index (χ0n) is 11.1. The first-order valence-electron chi connectivity index (χ1n) is 5.92. The monoisotopic (exact) mass is 290 g/mol. The summed E-state index contributed by atoms with van der Waals surface area (Å²) >= 11 is 0. The lowest BCUT2D eigenvalue weighted by Gasteiger charge is -2.08. The maximum atomic E-state index is 12.1. The number of nitrogens with zero attached hydrogens (tertiary/aromatic N) is 2. The largest absolute Gasteiger partial charge is 0.280 e. The molecule has 2 rings (SSSR count). The van der Waals surface area contributed by atoms with Crippen LogP contribution in [0.5, 0.6) is 0 Å². The van der Waals surface area contributed by atoms with Crippen LogP contribution in [0.1, 0.15) is 22.5 Å². The van der Waals surface area contributed by atoms with Gasteiger partial charge in [0.1, 0.15) is 0 Å². The summed E-state index contributed by atoms with van der Waals surface area (Å²) in [6, 6.07) is 8.45. The van der Waals surface area contributed by atoms with Crippen LogP contribution in [-0.4, -0.2) is 18.6 Å². The Kier molecular flexibility index (Phi) is 3.77. The van der Waals surface area contributed by atoms with Crippen molar-refractivity contribution in [3.05, 3.63) is 46.8 Å². The average Bonchev–Trinajstić information content (AvgIpc) is 2.70. The molecule has 0 aliphatic carbocycles. The van der Waals surface area contributed by atoms with E-state index >= 15 is 0 Å². The molecule has 1 aromatic heterocycles. The molecule has 0 saturated carbocycles. The molecule has 104 valence electrons. The van der Waals surface area contributed by atoms with Gasteiger partial charge in [-0.15, -0.1) is 0 Å². The van der Waals surface area contributed by atoms with E-state index in [4.69, 9.17) is 5.26 Å². The number of nitriles is 1. The van der Waals surface area contributed by atoms with E-state index in [0.717, 1.165) is 0 Å². The molecule has 0 fully saturated rings. The van der Waals surface area contributed by atoms with Crippen molar-refractivity contribution >= 4 is 15.7 Å². The van der Waals surface area contributed by atoms with Crippen molar-refractivity contribution in [2.75, 3.05) is 4.72 Å². The molecular formula is C13H14N4O2S. The van der Waals surface area contributed by atoms with Gasteiger partial charge >= 0.3 is 0 Å². The molecule has 0 amide bonds. The van der Waals surface area contributed by atoms with Crippen molar-refractivity contribution in [2.24, 2.45) is 0 Å². The van der Waals surface area contributed by atoms with Crippen LogP contribution in [-0.2, 0) is 15.8 Å². The molecule has 0 spiro atoms. The third-order valence-electron chi connectivity index (χ3n) is 2.83. The molecule has 2 N–H and O–H groups in total. The Hall–Kier alpha value is -2.33. The summed E-state index contributed by atoms with van der Waals surface area (Å²) < 4.78 is 26.7. The Balaban J connectivity index is 2.17. The molecule has 0 unspecified atom stereocenters. The fraction of sp³-hybridized carbons (Fsp3) is 0.231. The topological polar surface area (TPSA) is 98.6 Å². The van der Waals surface area contributed by atoms with Gasteiger partial charge in [-0.3, -0.25) is 9.82 Å². The van der Waals surface area contributed by atoms with Crippen LogP contribution in [0, 0.1) is 25.2 Å². The molecule has 0 aliphatic rings. The summed E-state index contributed by atoms with van der Waals surface area (Å²) in [7, 11) is -3.52. The van der Waals surface area contributed by atoms with Gasteiger partial charge in [-0.1, -0.05) is 12.1 Å². The molecule has 0 radical (unpaired) electrons. The number of rotatable bonds is 4. The van der Waals surface area contributed by atoms with Crippen LogP contribution in [0.4, 0.5) is 5.69 Å². The molecule has 20 heavy (non-hydrogen) atoms. The molecule has 0 bridgehead atoms. The van der Waals surface area contributed by atoms with Crippen molar-refractivity contribution in [3.63, 3.8) is 0 Å². The molecule has 0 aliphatic heterocycles. The molecule has 6 nitrogen and oxygen atoms in total. The summed E-state index contributed by atoms with van der Waals surface area (Å²) in [5, 5.41) is 15.4. The van der Waals surface area contributed by atoms with Crippen LogP contribution in [0.25, 0.3) is 0 Å². The highest BCUT2D eigenvalue weighted by Crippen LogP contribution is 2.19. The summed E-state index contributed by atoms with van der Waals surface area (Å²) in [6.45, 7) is 3.47. The number of sulfonamides is 1. The summed E-state index contributed by atoms with van der Waals surface area (Å²) in [5.41, 5.74) is 2.88. The first kappa shape index (κ1) is 14.1. The molecule has 0 saturated heterocycles. The summed E-state index contributed by atoms with van der Waals surface area (Å²) in [6.07, 6.45) is 0. The number of hydrogen-bond donors (Lipinski definition) is 2. The van der Waals surface area contributed by atoms with Crippen molar-refractivity contribution in [1.29, 1.82) is 5.26 Å². The quantitative estimate of drug-likeness (QED) is 0.897. The third-order valence-corrected chi connectivity index (χ3v) is 4.05. The van der Waals surface area contributed by atoms with Gasteiger partial charge in [0, 0.05) is 0 Å². The Morgan fingerprint density at radius 1 is 1.30 bits per heavy atom. The van der Waals surface area contributed by atoms with Crippen LogP contribution >= 0.6 is 0 Å². The normalized spacial score (nSPS) is 11.1. The lowest BCUT2D eigenvalue weighted by molar-refractivity contribution is 0.600. The molecule has 2 aromatic rings. The lowest BCUT2D eigenvalue weighted by Crippen LogP contribution is -2.16. The first-order chi connectivity index (χ1) is 9.41. The van der Waals surface area contributed by atoms with E-state index in [2.05, 4.69) is 14.9 Å². The van der Waals surface area contributed by atoms with Crippen molar-refractivity contribution in [2.45, 2.75) is 19.6 Å².